The molecule has 0 aliphatic heterocycles. The molecule has 0 saturated heterocycles. The van der Waals surface area contributed by atoms with Crippen molar-refractivity contribution in [2.45, 2.75) is 0 Å². The van der Waals surface area contributed by atoms with Crippen molar-refractivity contribution in [3.63, 3.8) is 0 Å². The number of nitrogens with zero attached hydrogens (tertiary/aromatic N) is 4. The number of hydrogen-bond acceptors (Lipinski definition) is 6. The number of ether oxygens (including phenoxy) is 1. The number of imidazole rings is 1. The van der Waals surface area contributed by atoms with Crippen LogP contribution in [0.15, 0.2) is 43.0 Å². The highest BCUT2D eigenvalue weighted by molar-refractivity contribution is 5.91. The van der Waals surface area contributed by atoms with Crippen LogP contribution >= 0.6 is 0 Å². The lowest BCUT2D eigenvalue weighted by molar-refractivity contribution is 0.419. The summed E-state index contributed by atoms with van der Waals surface area (Å²) in [6.45, 7) is 0. The molecule has 5 rings (SSSR count). The van der Waals surface area contributed by atoms with Crippen LogP contribution in [0, 0.1) is 0 Å². The molecular formula is C17H14N8O. The van der Waals surface area contributed by atoms with Gasteiger partial charge in [-0.25, -0.2) is 15.0 Å². The monoisotopic (exact) mass is 346 g/mol. The highest BCUT2D eigenvalue weighted by atomic mass is 16.5. The summed E-state index contributed by atoms with van der Waals surface area (Å²) in [7, 11) is 1.63. The molecule has 9 heteroatoms. The predicted molar refractivity (Wildman–Crippen MR) is 97.4 cm³/mol. The smallest absolute Gasteiger partial charge is 0.158 e. The normalized spacial score (nSPS) is 11.3. The van der Waals surface area contributed by atoms with Crippen LogP contribution in [0.2, 0.25) is 0 Å². The average molecular weight is 346 g/mol. The Morgan fingerprint density at radius 3 is 3.04 bits per heavy atom. The fraction of sp³-hybridized carbons (Fsp3) is 0.0588. The van der Waals surface area contributed by atoms with E-state index in [1.54, 1.807) is 13.3 Å². The number of nitrogens with one attached hydrogen (secondary N) is 4. The summed E-state index contributed by atoms with van der Waals surface area (Å²) in [6, 6.07) is 7.66. The molecule has 1 aromatic carbocycles. The molecule has 5 aromatic rings. The van der Waals surface area contributed by atoms with Gasteiger partial charge in [0.15, 0.2) is 5.82 Å². The van der Waals surface area contributed by atoms with Crippen molar-refractivity contribution in [1.29, 1.82) is 0 Å². The van der Waals surface area contributed by atoms with Gasteiger partial charge in [-0.3, -0.25) is 5.10 Å². The molecule has 0 atom stereocenters. The minimum absolute atomic E-state index is 0.656. The summed E-state index contributed by atoms with van der Waals surface area (Å²) in [4.78, 5) is 19.5. The zero-order valence-corrected chi connectivity index (χ0v) is 13.7. The van der Waals surface area contributed by atoms with E-state index in [-0.39, 0.29) is 0 Å². The Morgan fingerprint density at radius 1 is 1.15 bits per heavy atom. The Balaban J connectivity index is 1.58. The SMILES string of the molecule is COc1cccc2[nH]c(-c3[nH]ncc3Nc3ncnc4[nH]ccc34)nc12. The van der Waals surface area contributed by atoms with Crippen LogP contribution in [-0.4, -0.2) is 42.2 Å². The molecule has 0 bridgehead atoms. The molecule has 0 fully saturated rings. The van der Waals surface area contributed by atoms with Gasteiger partial charge in [0.25, 0.3) is 0 Å². The number of fused-ring (bicyclic) bond motifs is 2. The van der Waals surface area contributed by atoms with Gasteiger partial charge in [0.1, 0.15) is 34.8 Å². The number of para-hydroxylation sites is 1. The summed E-state index contributed by atoms with van der Waals surface area (Å²) < 4.78 is 5.38. The van der Waals surface area contributed by atoms with Gasteiger partial charge in [0.2, 0.25) is 0 Å². The van der Waals surface area contributed by atoms with Crippen molar-refractivity contribution in [1.82, 2.24) is 35.1 Å². The first kappa shape index (κ1) is 14.5. The van der Waals surface area contributed by atoms with Gasteiger partial charge in [-0.1, -0.05) is 6.07 Å². The van der Waals surface area contributed by atoms with Crippen LogP contribution in [0.5, 0.6) is 5.75 Å². The van der Waals surface area contributed by atoms with Gasteiger partial charge >= 0.3 is 0 Å². The number of methoxy groups -OCH3 is 1. The van der Waals surface area contributed by atoms with E-state index in [0.717, 1.165) is 33.4 Å². The quantitative estimate of drug-likeness (QED) is 0.397. The molecule has 4 N–H and O–H groups in total. The number of H-pyrrole nitrogens is 3. The molecule has 0 spiro atoms. The van der Waals surface area contributed by atoms with E-state index in [2.05, 4.69) is 40.4 Å². The predicted octanol–water partition coefficient (Wildman–Crippen LogP) is 2.98. The van der Waals surface area contributed by atoms with Gasteiger partial charge in [-0.2, -0.15) is 5.10 Å². The zero-order valence-electron chi connectivity index (χ0n) is 13.7. The number of aromatic nitrogens is 7. The van der Waals surface area contributed by atoms with Crippen LogP contribution in [0.1, 0.15) is 0 Å². The molecule has 0 radical (unpaired) electrons. The average Bonchev–Trinajstić information content (AvgIpc) is 3.39. The Hall–Kier alpha value is -3.88. The zero-order chi connectivity index (χ0) is 17.5. The second kappa shape index (κ2) is 5.59. The number of anilines is 2. The maximum atomic E-state index is 5.38. The molecule has 0 saturated carbocycles. The van der Waals surface area contributed by atoms with Crippen LogP contribution in [0.25, 0.3) is 33.6 Å². The highest BCUT2D eigenvalue weighted by Gasteiger charge is 2.15. The maximum Gasteiger partial charge on any atom is 0.158 e. The summed E-state index contributed by atoms with van der Waals surface area (Å²) in [5.41, 5.74) is 3.89. The largest absolute Gasteiger partial charge is 0.494 e. The van der Waals surface area contributed by atoms with Gasteiger partial charge in [-0.05, 0) is 18.2 Å². The van der Waals surface area contributed by atoms with Crippen LogP contribution < -0.4 is 10.1 Å². The van der Waals surface area contributed by atoms with E-state index in [4.69, 9.17) is 4.74 Å². The Kier molecular flexibility index (Phi) is 3.11. The van der Waals surface area contributed by atoms with Crippen LogP contribution in [0.4, 0.5) is 11.5 Å². The van der Waals surface area contributed by atoms with Crippen LogP contribution in [0.3, 0.4) is 0 Å². The third-order valence-electron chi connectivity index (χ3n) is 4.18. The third-order valence-corrected chi connectivity index (χ3v) is 4.18. The molecule has 0 unspecified atom stereocenters. The van der Waals surface area contributed by atoms with Crippen LogP contribution in [-0.2, 0) is 0 Å². The van der Waals surface area contributed by atoms with E-state index in [0.29, 0.717) is 17.4 Å². The van der Waals surface area contributed by atoms with Crippen molar-refractivity contribution < 1.29 is 4.74 Å². The second-order valence-electron chi connectivity index (χ2n) is 5.69. The third kappa shape index (κ3) is 2.18. The lowest BCUT2D eigenvalue weighted by Crippen LogP contribution is -1.96. The molecule has 0 amide bonds. The molecule has 4 aromatic heterocycles. The fourth-order valence-corrected chi connectivity index (χ4v) is 2.95. The lowest BCUT2D eigenvalue weighted by atomic mass is 10.3. The van der Waals surface area contributed by atoms with Crippen molar-refractivity contribution in [3.05, 3.63) is 43.0 Å². The minimum Gasteiger partial charge on any atom is -0.494 e. The number of benzene rings is 1. The molecule has 9 nitrogen and oxygen atoms in total. The molecule has 26 heavy (non-hydrogen) atoms. The van der Waals surface area contributed by atoms with E-state index in [1.165, 1.54) is 6.33 Å². The first-order valence-corrected chi connectivity index (χ1v) is 7.95. The van der Waals surface area contributed by atoms with E-state index in [1.807, 2.05) is 30.5 Å². The summed E-state index contributed by atoms with van der Waals surface area (Å²) in [5, 5.41) is 11.3. The Bertz CT molecular complexity index is 1220. The first-order chi connectivity index (χ1) is 12.8. The second-order valence-corrected chi connectivity index (χ2v) is 5.69. The van der Waals surface area contributed by atoms with E-state index >= 15 is 0 Å². The van der Waals surface area contributed by atoms with Gasteiger partial charge < -0.3 is 20.0 Å². The van der Waals surface area contributed by atoms with Gasteiger partial charge in [0, 0.05) is 6.20 Å². The molecule has 128 valence electrons. The van der Waals surface area contributed by atoms with Gasteiger partial charge in [-0.15, -0.1) is 0 Å². The van der Waals surface area contributed by atoms with Crippen molar-refractivity contribution in [2.75, 3.05) is 12.4 Å². The molecule has 4 heterocycles. The van der Waals surface area contributed by atoms with E-state index in [9.17, 15) is 0 Å². The Morgan fingerprint density at radius 2 is 2.12 bits per heavy atom. The summed E-state index contributed by atoms with van der Waals surface area (Å²) in [5.74, 6) is 2.06. The topological polar surface area (TPSA) is 120 Å². The van der Waals surface area contributed by atoms with Crippen molar-refractivity contribution in [3.8, 4) is 17.3 Å². The molecule has 0 aliphatic carbocycles. The highest BCUT2D eigenvalue weighted by Crippen LogP contribution is 2.31. The standard InChI is InChI=1S/C17H14N8O/c1-26-12-4-2-3-10-13(12)24-17(22-10)14-11(7-21-25-14)23-16-9-5-6-18-15(9)19-8-20-16/h2-8H,1H3,(H,21,25)(H,22,24)(H2,18,19,20,23). The van der Waals surface area contributed by atoms with Crippen molar-refractivity contribution in [2.24, 2.45) is 0 Å². The molecular weight excluding hydrogens is 332 g/mol. The minimum atomic E-state index is 0.656. The van der Waals surface area contributed by atoms with Crippen molar-refractivity contribution >= 4 is 33.6 Å². The van der Waals surface area contributed by atoms with E-state index < -0.39 is 0 Å². The Labute approximate surface area is 146 Å². The number of rotatable bonds is 4. The maximum absolute atomic E-state index is 5.38. The van der Waals surface area contributed by atoms with Gasteiger partial charge in [0.05, 0.1) is 29.9 Å². The first-order valence-electron chi connectivity index (χ1n) is 7.95. The summed E-state index contributed by atoms with van der Waals surface area (Å²) >= 11 is 0. The lowest BCUT2D eigenvalue weighted by Gasteiger charge is -2.05. The number of hydrogen-bond donors (Lipinski definition) is 4. The summed E-state index contributed by atoms with van der Waals surface area (Å²) in [6.07, 6.45) is 5.03. The molecule has 0 aliphatic rings. The fourth-order valence-electron chi connectivity index (χ4n) is 2.95. The number of aromatic amines is 3.